The molecule has 0 amide bonds. The predicted octanol–water partition coefficient (Wildman–Crippen LogP) is 3.52. The van der Waals surface area contributed by atoms with Crippen molar-refractivity contribution < 1.29 is 0 Å². The molecule has 0 bridgehead atoms. The van der Waals surface area contributed by atoms with E-state index >= 15 is 0 Å². The van der Waals surface area contributed by atoms with Gasteiger partial charge in [0.25, 0.3) is 0 Å². The smallest absolute Gasteiger partial charge is 0.0105 e. The minimum absolute atomic E-state index is 0.771. The Morgan fingerprint density at radius 2 is 1.95 bits per heavy atom. The van der Waals surface area contributed by atoms with Gasteiger partial charge in [-0.3, -0.25) is 0 Å². The number of nitrogens with one attached hydrogen (secondary N) is 1. The Morgan fingerprint density at radius 1 is 1.11 bits per heavy atom. The lowest BCUT2D eigenvalue weighted by Gasteiger charge is -2.38. The molecule has 1 saturated carbocycles. The molecular weight excluding hydrogens is 232 g/mol. The predicted molar refractivity (Wildman–Crippen MR) is 83.4 cm³/mol. The largest absolute Gasteiger partial charge is 0.317 e. The van der Waals surface area contributed by atoms with E-state index in [0.717, 1.165) is 23.8 Å². The molecule has 2 aliphatic rings. The van der Waals surface area contributed by atoms with E-state index in [-0.39, 0.29) is 0 Å². The van der Waals surface area contributed by atoms with Crippen molar-refractivity contribution in [1.82, 2.24) is 10.2 Å². The molecule has 4 atom stereocenters. The zero-order chi connectivity index (χ0) is 13.7. The van der Waals surface area contributed by atoms with Gasteiger partial charge in [-0.2, -0.15) is 0 Å². The maximum absolute atomic E-state index is 3.58. The Balaban J connectivity index is 1.82. The number of hydrogen-bond acceptors (Lipinski definition) is 2. The van der Waals surface area contributed by atoms with Crippen LogP contribution in [0.5, 0.6) is 0 Å². The molecule has 0 spiro atoms. The van der Waals surface area contributed by atoms with E-state index in [1.807, 2.05) is 0 Å². The highest BCUT2D eigenvalue weighted by Gasteiger charge is 2.32. The van der Waals surface area contributed by atoms with Gasteiger partial charge in [-0.15, -0.1) is 0 Å². The van der Waals surface area contributed by atoms with Crippen LogP contribution in [0.4, 0.5) is 0 Å². The third-order valence-corrected chi connectivity index (χ3v) is 5.60. The Kier molecular flexibility index (Phi) is 6.15. The third kappa shape index (κ3) is 4.19. The van der Waals surface area contributed by atoms with Crippen LogP contribution < -0.4 is 5.32 Å². The number of rotatable bonds is 6. The Morgan fingerprint density at radius 3 is 2.63 bits per heavy atom. The Hall–Kier alpha value is -0.0800. The SMILES string of the molecule is CCCC1CCN(CC2CC(CC)CCC2NC)C1. The molecule has 1 heterocycles. The van der Waals surface area contributed by atoms with E-state index < -0.39 is 0 Å². The second-order valence-electron chi connectivity index (χ2n) is 6.95. The van der Waals surface area contributed by atoms with Crippen molar-refractivity contribution in [1.29, 1.82) is 0 Å². The summed E-state index contributed by atoms with van der Waals surface area (Å²) < 4.78 is 0. The van der Waals surface area contributed by atoms with Crippen molar-refractivity contribution in [3.8, 4) is 0 Å². The zero-order valence-electron chi connectivity index (χ0n) is 13.3. The van der Waals surface area contributed by atoms with Crippen molar-refractivity contribution in [2.45, 2.75) is 64.8 Å². The molecule has 2 heteroatoms. The number of likely N-dealkylation sites (tertiary alicyclic amines) is 1. The Bertz CT molecular complexity index is 254. The summed E-state index contributed by atoms with van der Waals surface area (Å²) in [5.74, 6) is 2.87. The van der Waals surface area contributed by atoms with Crippen molar-refractivity contribution in [2.75, 3.05) is 26.7 Å². The van der Waals surface area contributed by atoms with E-state index in [9.17, 15) is 0 Å². The van der Waals surface area contributed by atoms with Gasteiger partial charge in [0.1, 0.15) is 0 Å². The van der Waals surface area contributed by atoms with Gasteiger partial charge in [0, 0.05) is 19.1 Å². The van der Waals surface area contributed by atoms with Crippen molar-refractivity contribution in [3.63, 3.8) is 0 Å². The first kappa shape index (κ1) is 15.3. The quantitative estimate of drug-likeness (QED) is 0.791. The van der Waals surface area contributed by atoms with Gasteiger partial charge < -0.3 is 10.2 Å². The van der Waals surface area contributed by atoms with Gasteiger partial charge in [-0.05, 0) is 63.5 Å². The fourth-order valence-corrected chi connectivity index (χ4v) is 4.37. The van der Waals surface area contributed by atoms with Gasteiger partial charge in [0.05, 0.1) is 0 Å². The maximum atomic E-state index is 3.58. The van der Waals surface area contributed by atoms with Crippen LogP contribution in [0.25, 0.3) is 0 Å². The van der Waals surface area contributed by atoms with Gasteiger partial charge >= 0.3 is 0 Å². The second kappa shape index (κ2) is 7.64. The zero-order valence-corrected chi connectivity index (χ0v) is 13.3. The summed E-state index contributed by atoms with van der Waals surface area (Å²) in [6.45, 7) is 8.77. The molecule has 112 valence electrons. The maximum Gasteiger partial charge on any atom is 0.0105 e. The average Bonchev–Trinajstić information content (AvgIpc) is 2.86. The van der Waals surface area contributed by atoms with Gasteiger partial charge in [-0.25, -0.2) is 0 Å². The molecule has 1 N–H and O–H groups in total. The summed E-state index contributed by atoms with van der Waals surface area (Å²) in [5.41, 5.74) is 0. The fourth-order valence-electron chi connectivity index (χ4n) is 4.37. The average molecular weight is 266 g/mol. The van der Waals surface area contributed by atoms with Crippen LogP contribution in [0.2, 0.25) is 0 Å². The first-order valence-corrected chi connectivity index (χ1v) is 8.66. The minimum Gasteiger partial charge on any atom is -0.317 e. The van der Waals surface area contributed by atoms with Crippen LogP contribution >= 0.6 is 0 Å². The number of nitrogens with zero attached hydrogens (tertiary/aromatic N) is 1. The van der Waals surface area contributed by atoms with Crippen LogP contribution in [0.3, 0.4) is 0 Å². The Labute approximate surface area is 120 Å². The lowest BCUT2D eigenvalue weighted by Crippen LogP contribution is -2.44. The summed E-state index contributed by atoms with van der Waals surface area (Å²) in [6.07, 6.45) is 9.92. The van der Waals surface area contributed by atoms with Crippen molar-refractivity contribution >= 4 is 0 Å². The molecule has 0 radical (unpaired) electrons. The van der Waals surface area contributed by atoms with Gasteiger partial charge in [0.2, 0.25) is 0 Å². The molecule has 19 heavy (non-hydrogen) atoms. The van der Waals surface area contributed by atoms with E-state index in [1.165, 1.54) is 64.6 Å². The van der Waals surface area contributed by atoms with E-state index in [1.54, 1.807) is 0 Å². The summed E-state index contributed by atoms with van der Waals surface area (Å²) in [5, 5.41) is 3.58. The van der Waals surface area contributed by atoms with Crippen LogP contribution in [0.1, 0.15) is 58.8 Å². The van der Waals surface area contributed by atoms with Crippen molar-refractivity contribution in [3.05, 3.63) is 0 Å². The summed E-state index contributed by atoms with van der Waals surface area (Å²) in [4.78, 5) is 2.76. The van der Waals surface area contributed by atoms with Crippen LogP contribution in [0, 0.1) is 17.8 Å². The highest BCUT2D eigenvalue weighted by molar-refractivity contribution is 4.87. The minimum atomic E-state index is 0.771. The molecule has 2 fully saturated rings. The lowest BCUT2D eigenvalue weighted by molar-refractivity contribution is 0.153. The summed E-state index contributed by atoms with van der Waals surface area (Å²) in [7, 11) is 2.16. The lowest BCUT2D eigenvalue weighted by atomic mass is 9.76. The van der Waals surface area contributed by atoms with Crippen LogP contribution in [0.15, 0.2) is 0 Å². The molecule has 1 saturated heterocycles. The molecule has 1 aliphatic heterocycles. The number of hydrogen-bond donors (Lipinski definition) is 1. The molecular formula is C17H34N2. The molecule has 0 aromatic carbocycles. The molecule has 0 aromatic heterocycles. The second-order valence-corrected chi connectivity index (χ2v) is 6.95. The van der Waals surface area contributed by atoms with Crippen molar-refractivity contribution in [2.24, 2.45) is 17.8 Å². The standard InChI is InChI=1S/C17H34N2/c1-4-6-15-9-10-19(12-15)13-16-11-14(5-2)7-8-17(16)18-3/h14-18H,4-13H2,1-3H3. The molecule has 4 unspecified atom stereocenters. The highest BCUT2D eigenvalue weighted by atomic mass is 15.2. The van der Waals surface area contributed by atoms with E-state index in [2.05, 4.69) is 31.1 Å². The van der Waals surface area contributed by atoms with E-state index in [0.29, 0.717) is 0 Å². The topological polar surface area (TPSA) is 15.3 Å². The summed E-state index contributed by atoms with van der Waals surface area (Å²) >= 11 is 0. The third-order valence-electron chi connectivity index (χ3n) is 5.60. The van der Waals surface area contributed by atoms with E-state index in [4.69, 9.17) is 0 Å². The fraction of sp³-hybridized carbons (Fsp3) is 1.00. The van der Waals surface area contributed by atoms with Gasteiger partial charge in [-0.1, -0.05) is 26.7 Å². The highest BCUT2D eigenvalue weighted by Crippen LogP contribution is 2.33. The summed E-state index contributed by atoms with van der Waals surface area (Å²) in [6, 6.07) is 0.771. The molecule has 0 aromatic rings. The monoisotopic (exact) mass is 266 g/mol. The first-order valence-electron chi connectivity index (χ1n) is 8.66. The normalized spacial score (nSPS) is 36.8. The molecule has 1 aliphatic carbocycles. The first-order chi connectivity index (χ1) is 9.26. The molecule has 2 nitrogen and oxygen atoms in total. The van der Waals surface area contributed by atoms with Crippen LogP contribution in [-0.2, 0) is 0 Å². The molecule has 2 rings (SSSR count). The van der Waals surface area contributed by atoms with Gasteiger partial charge in [0.15, 0.2) is 0 Å². The van der Waals surface area contributed by atoms with Crippen LogP contribution in [-0.4, -0.2) is 37.6 Å².